The van der Waals surface area contributed by atoms with Crippen molar-refractivity contribution >= 4 is 5.91 Å². The predicted molar refractivity (Wildman–Crippen MR) is 85.4 cm³/mol. The van der Waals surface area contributed by atoms with E-state index in [9.17, 15) is 10.1 Å². The molecule has 0 bridgehead atoms. The third-order valence-electron chi connectivity index (χ3n) is 4.46. The van der Waals surface area contributed by atoms with E-state index < -0.39 is 6.04 Å². The van der Waals surface area contributed by atoms with Crippen molar-refractivity contribution in [2.75, 3.05) is 6.54 Å². The Morgan fingerprint density at radius 3 is 2.83 bits per heavy atom. The molecule has 3 rings (SSSR count). The van der Waals surface area contributed by atoms with Gasteiger partial charge in [-0.2, -0.15) is 5.26 Å². The fourth-order valence-corrected chi connectivity index (χ4v) is 3.19. The first kappa shape index (κ1) is 15.3. The van der Waals surface area contributed by atoms with E-state index in [1.54, 1.807) is 4.90 Å². The normalized spacial score (nSPS) is 20.0. The molecule has 0 radical (unpaired) electrons. The summed E-state index contributed by atoms with van der Waals surface area (Å²) in [5, 5.41) is 9.54. The zero-order valence-electron chi connectivity index (χ0n) is 13.3. The molecule has 1 aromatic heterocycles. The van der Waals surface area contributed by atoms with E-state index in [4.69, 9.17) is 4.42 Å². The molecular formula is C18H19N3O2. The third-order valence-corrected chi connectivity index (χ3v) is 4.46. The monoisotopic (exact) mass is 309 g/mol. The molecule has 1 aliphatic rings. The topological polar surface area (TPSA) is 70.1 Å². The van der Waals surface area contributed by atoms with Crippen LogP contribution in [0.4, 0.5) is 0 Å². The van der Waals surface area contributed by atoms with Gasteiger partial charge in [0.05, 0.1) is 6.07 Å². The van der Waals surface area contributed by atoms with Crippen LogP contribution >= 0.6 is 0 Å². The molecule has 1 aromatic carbocycles. The molecule has 0 N–H and O–H groups in total. The van der Waals surface area contributed by atoms with Gasteiger partial charge in [0.25, 0.3) is 5.91 Å². The fraction of sp³-hybridized carbons (Fsp3) is 0.389. The summed E-state index contributed by atoms with van der Waals surface area (Å²) in [5.74, 6) is -0.0603. The highest BCUT2D eigenvalue weighted by Gasteiger charge is 2.41. The van der Waals surface area contributed by atoms with Gasteiger partial charge in [-0.3, -0.25) is 4.79 Å². The minimum atomic E-state index is -0.461. The predicted octanol–water partition coefficient (Wildman–Crippen LogP) is 3.50. The molecule has 1 atom stereocenters. The average Bonchev–Trinajstić information content (AvgIpc) is 3.03. The maximum atomic E-state index is 13.0. The molecule has 0 saturated carbocycles. The molecule has 1 aliphatic heterocycles. The second-order valence-electron chi connectivity index (χ2n) is 6.52. The maximum Gasteiger partial charge on any atom is 0.293 e. The number of nitriles is 1. The summed E-state index contributed by atoms with van der Waals surface area (Å²) < 4.78 is 5.38. The Labute approximate surface area is 135 Å². The summed E-state index contributed by atoms with van der Waals surface area (Å²) in [4.78, 5) is 18.8. The first-order chi connectivity index (χ1) is 11.0. The van der Waals surface area contributed by atoms with E-state index in [2.05, 4.69) is 11.1 Å². The summed E-state index contributed by atoms with van der Waals surface area (Å²) >= 11 is 0. The van der Waals surface area contributed by atoms with Crippen LogP contribution in [0.25, 0.3) is 11.3 Å². The highest BCUT2D eigenvalue weighted by molar-refractivity contribution is 5.97. The Bertz CT molecular complexity index is 743. The van der Waals surface area contributed by atoms with Crippen LogP contribution in [-0.2, 0) is 0 Å². The number of carbonyl (C=O) groups is 1. The van der Waals surface area contributed by atoms with E-state index in [0.717, 1.165) is 18.4 Å². The molecule has 0 spiro atoms. The number of amides is 1. The number of oxazole rings is 1. The lowest BCUT2D eigenvalue weighted by Gasteiger charge is -2.42. The van der Waals surface area contributed by atoms with Crippen LogP contribution in [0, 0.1) is 16.7 Å². The van der Waals surface area contributed by atoms with Crippen molar-refractivity contribution in [3.8, 4) is 17.3 Å². The van der Waals surface area contributed by atoms with E-state index in [0.29, 0.717) is 12.2 Å². The average molecular weight is 309 g/mol. The van der Waals surface area contributed by atoms with Crippen LogP contribution in [0.2, 0.25) is 0 Å². The summed E-state index contributed by atoms with van der Waals surface area (Å²) in [6.07, 6.45) is 3.09. The second-order valence-corrected chi connectivity index (χ2v) is 6.52. The molecule has 5 nitrogen and oxygen atoms in total. The lowest BCUT2D eigenvalue weighted by Crippen LogP contribution is -2.51. The van der Waals surface area contributed by atoms with Crippen LogP contribution in [-0.4, -0.2) is 28.4 Å². The molecular weight excluding hydrogens is 290 g/mol. The molecule has 0 aliphatic carbocycles. The summed E-state index contributed by atoms with van der Waals surface area (Å²) in [5.41, 5.74) is 1.13. The van der Waals surface area contributed by atoms with Crippen molar-refractivity contribution < 1.29 is 9.21 Å². The molecule has 1 amide bonds. The summed E-state index contributed by atoms with van der Waals surface area (Å²) in [7, 11) is 0. The number of carbonyl (C=O) groups excluding carboxylic acids is 1. The molecule has 2 heterocycles. The number of likely N-dealkylation sites (tertiary alicyclic amines) is 1. The van der Waals surface area contributed by atoms with E-state index in [1.807, 2.05) is 44.2 Å². The molecule has 23 heavy (non-hydrogen) atoms. The van der Waals surface area contributed by atoms with Crippen molar-refractivity contribution in [1.82, 2.24) is 9.88 Å². The van der Waals surface area contributed by atoms with Crippen LogP contribution < -0.4 is 0 Å². The Hall–Kier alpha value is -2.61. The molecule has 1 fully saturated rings. The van der Waals surface area contributed by atoms with Crippen molar-refractivity contribution in [1.29, 1.82) is 5.26 Å². The Balaban J connectivity index is 1.96. The maximum absolute atomic E-state index is 13.0. The highest BCUT2D eigenvalue weighted by Crippen LogP contribution is 2.36. The van der Waals surface area contributed by atoms with Crippen LogP contribution in [0.5, 0.6) is 0 Å². The van der Waals surface area contributed by atoms with Gasteiger partial charge in [0.15, 0.2) is 6.39 Å². The molecule has 2 aromatic rings. The van der Waals surface area contributed by atoms with Crippen molar-refractivity contribution in [3.05, 3.63) is 42.5 Å². The van der Waals surface area contributed by atoms with Gasteiger partial charge in [-0.25, -0.2) is 4.98 Å². The van der Waals surface area contributed by atoms with Gasteiger partial charge < -0.3 is 9.32 Å². The Morgan fingerprint density at radius 2 is 2.13 bits per heavy atom. The number of piperidine rings is 1. The standard InChI is InChI=1S/C18H19N3O2/c1-18(2)9-6-10-21(14(18)11-19)17(22)16-15(20-12-23-16)13-7-4-3-5-8-13/h3-5,7-8,12,14H,6,9-10H2,1-2H3/t14-/m1/s1. The fourth-order valence-electron chi connectivity index (χ4n) is 3.19. The van der Waals surface area contributed by atoms with Crippen LogP contribution in [0.3, 0.4) is 0 Å². The van der Waals surface area contributed by atoms with E-state index in [1.165, 1.54) is 6.39 Å². The van der Waals surface area contributed by atoms with Gasteiger partial charge in [0.2, 0.25) is 5.76 Å². The number of benzene rings is 1. The highest BCUT2D eigenvalue weighted by atomic mass is 16.3. The quantitative estimate of drug-likeness (QED) is 0.851. The summed E-state index contributed by atoms with van der Waals surface area (Å²) in [6, 6.07) is 11.3. The molecule has 118 valence electrons. The zero-order chi connectivity index (χ0) is 16.4. The largest absolute Gasteiger partial charge is 0.438 e. The number of hydrogen-bond acceptors (Lipinski definition) is 4. The van der Waals surface area contributed by atoms with Crippen molar-refractivity contribution in [2.24, 2.45) is 5.41 Å². The van der Waals surface area contributed by atoms with Crippen molar-refractivity contribution in [2.45, 2.75) is 32.7 Å². The van der Waals surface area contributed by atoms with Gasteiger partial charge in [0, 0.05) is 12.1 Å². The first-order valence-electron chi connectivity index (χ1n) is 7.74. The second kappa shape index (κ2) is 5.88. The van der Waals surface area contributed by atoms with Gasteiger partial charge in [0.1, 0.15) is 11.7 Å². The lowest BCUT2D eigenvalue weighted by atomic mass is 9.77. The smallest absolute Gasteiger partial charge is 0.293 e. The zero-order valence-corrected chi connectivity index (χ0v) is 13.3. The SMILES string of the molecule is CC1(C)CCCN(C(=O)c2ocnc2-c2ccccc2)[C@@H]1C#N. The van der Waals surface area contributed by atoms with E-state index in [-0.39, 0.29) is 17.1 Å². The Kier molecular flexibility index (Phi) is 3.91. The van der Waals surface area contributed by atoms with Gasteiger partial charge in [-0.1, -0.05) is 44.2 Å². The van der Waals surface area contributed by atoms with Gasteiger partial charge >= 0.3 is 0 Å². The summed E-state index contributed by atoms with van der Waals surface area (Å²) in [6.45, 7) is 4.62. The molecule has 5 heteroatoms. The van der Waals surface area contributed by atoms with Crippen molar-refractivity contribution in [3.63, 3.8) is 0 Å². The first-order valence-corrected chi connectivity index (χ1v) is 7.74. The van der Waals surface area contributed by atoms with E-state index >= 15 is 0 Å². The number of nitrogens with zero attached hydrogens (tertiary/aromatic N) is 3. The van der Waals surface area contributed by atoms with Crippen LogP contribution in [0.15, 0.2) is 41.1 Å². The Morgan fingerprint density at radius 1 is 1.39 bits per heavy atom. The van der Waals surface area contributed by atoms with Crippen LogP contribution in [0.1, 0.15) is 37.2 Å². The third kappa shape index (κ3) is 2.72. The number of aromatic nitrogens is 1. The van der Waals surface area contributed by atoms with Gasteiger partial charge in [-0.05, 0) is 18.3 Å². The minimum Gasteiger partial charge on any atom is -0.438 e. The number of rotatable bonds is 2. The molecule has 1 saturated heterocycles. The minimum absolute atomic E-state index is 0.203. The van der Waals surface area contributed by atoms with Gasteiger partial charge in [-0.15, -0.1) is 0 Å². The molecule has 0 unspecified atom stereocenters. The lowest BCUT2D eigenvalue weighted by molar-refractivity contribution is 0.0410. The number of hydrogen-bond donors (Lipinski definition) is 0.